The second-order valence-electron chi connectivity index (χ2n) is 7.11. The molecule has 0 N–H and O–H groups in total. The highest BCUT2D eigenvalue weighted by Gasteiger charge is 2.38. The van der Waals surface area contributed by atoms with E-state index in [1.807, 2.05) is 37.3 Å². The van der Waals surface area contributed by atoms with Crippen molar-refractivity contribution in [1.82, 2.24) is 4.90 Å². The molecule has 1 aliphatic rings. The summed E-state index contributed by atoms with van der Waals surface area (Å²) in [5, 5.41) is 0. The molecule has 2 aromatic rings. The van der Waals surface area contributed by atoms with Crippen molar-refractivity contribution in [3.8, 4) is 0 Å². The van der Waals surface area contributed by atoms with Crippen molar-refractivity contribution < 1.29 is 18.7 Å². The van der Waals surface area contributed by atoms with Crippen molar-refractivity contribution in [2.24, 2.45) is 0 Å². The van der Waals surface area contributed by atoms with E-state index in [-0.39, 0.29) is 43.2 Å². The Morgan fingerprint density at radius 3 is 2.55 bits per heavy atom. The topological polar surface area (TPSA) is 46.6 Å². The van der Waals surface area contributed by atoms with Gasteiger partial charge in [0.05, 0.1) is 18.7 Å². The van der Waals surface area contributed by atoms with Crippen LogP contribution in [-0.2, 0) is 20.9 Å². The summed E-state index contributed by atoms with van der Waals surface area (Å²) in [6.45, 7) is 4.28. The lowest BCUT2D eigenvalue weighted by Crippen LogP contribution is -2.39. The predicted octanol–water partition coefficient (Wildman–Crippen LogP) is 4.96. The van der Waals surface area contributed by atoms with E-state index in [9.17, 15) is 14.0 Å². The number of amides is 1. The second kappa shape index (κ2) is 9.50. The fraction of sp³-hybridized carbons (Fsp3) is 0.333. The van der Waals surface area contributed by atoms with E-state index in [0.717, 1.165) is 12.0 Å². The van der Waals surface area contributed by atoms with Crippen LogP contribution in [0.2, 0.25) is 0 Å². The van der Waals surface area contributed by atoms with E-state index in [1.165, 1.54) is 12.1 Å². The largest absolute Gasteiger partial charge is 0.463 e. The van der Waals surface area contributed by atoms with Gasteiger partial charge in [0.1, 0.15) is 5.82 Å². The van der Waals surface area contributed by atoms with Crippen LogP contribution >= 0.6 is 0 Å². The summed E-state index contributed by atoms with van der Waals surface area (Å²) in [5.41, 5.74) is 2.83. The molecule has 0 radical (unpaired) electrons. The Labute approximate surface area is 171 Å². The van der Waals surface area contributed by atoms with Gasteiger partial charge in [-0.15, -0.1) is 0 Å². The molecule has 0 fully saturated rings. The van der Waals surface area contributed by atoms with Crippen LogP contribution in [-0.4, -0.2) is 23.4 Å². The van der Waals surface area contributed by atoms with Crippen LogP contribution in [0.4, 0.5) is 4.39 Å². The molecule has 1 aliphatic heterocycles. The Balaban J connectivity index is 2.09. The quantitative estimate of drug-likeness (QED) is 0.623. The smallest absolute Gasteiger partial charge is 0.336 e. The van der Waals surface area contributed by atoms with Crippen LogP contribution in [0.1, 0.15) is 50.2 Å². The van der Waals surface area contributed by atoms with E-state index in [2.05, 4.69) is 0 Å². The molecule has 1 atom stereocenters. The minimum atomic E-state index is -0.387. The molecule has 5 heteroatoms. The normalized spacial score (nSPS) is 16.9. The van der Waals surface area contributed by atoms with Crippen molar-refractivity contribution in [3.05, 3.63) is 82.8 Å². The van der Waals surface area contributed by atoms with Gasteiger partial charge in [0.25, 0.3) is 0 Å². The zero-order chi connectivity index (χ0) is 20.8. The summed E-state index contributed by atoms with van der Waals surface area (Å²) in [6, 6.07) is 15.8. The molecule has 0 saturated carbocycles. The van der Waals surface area contributed by atoms with Crippen LogP contribution in [0.3, 0.4) is 0 Å². The number of ether oxygens (including phenoxy) is 1. The van der Waals surface area contributed by atoms with Gasteiger partial charge < -0.3 is 9.64 Å². The molecule has 0 spiro atoms. The molecule has 29 heavy (non-hydrogen) atoms. The highest BCUT2D eigenvalue weighted by Crippen LogP contribution is 2.39. The molecule has 0 aliphatic carbocycles. The van der Waals surface area contributed by atoms with E-state index < -0.39 is 0 Å². The Bertz CT molecular complexity index is 907. The number of carbonyl (C=O) groups excluding carboxylic acids is 2. The first-order valence-corrected chi connectivity index (χ1v) is 10.0. The molecule has 4 nitrogen and oxygen atoms in total. The summed E-state index contributed by atoms with van der Waals surface area (Å²) in [6.07, 6.45) is 1.52. The first-order chi connectivity index (χ1) is 14.0. The summed E-state index contributed by atoms with van der Waals surface area (Å²) in [7, 11) is 0. The van der Waals surface area contributed by atoms with Crippen LogP contribution in [0.5, 0.6) is 0 Å². The third-order valence-corrected chi connectivity index (χ3v) is 5.08. The van der Waals surface area contributed by atoms with Crippen molar-refractivity contribution >= 4 is 11.9 Å². The number of nitrogens with zero attached hydrogens (tertiary/aromatic N) is 1. The lowest BCUT2D eigenvalue weighted by Gasteiger charge is -2.36. The number of hydrogen-bond donors (Lipinski definition) is 0. The van der Waals surface area contributed by atoms with E-state index >= 15 is 0 Å². The van der Waals surface area contributed by atoms with Gasteiger partial charge in [0.2, 0.25) is 5.91 Å². The maximum absolute atomic E-state index is 13.7. The fourth-order valence-electron chi connectivity index (χ4n) is 3.83. The third kappa shape index (κ3) is 4.73. The summed E-state index contributed by atoms with van der Waals surface area (Å²) in [5.74, 6) is -1.14. The van der Waals surface area contributed by atoms with E-state index in [0.29, 0.717) is 23.3 Å². The molecule has 2 aromatic carbocycles. The minimum Gasteiger partial charge on any atom is -0.463 e. The van der Waals surface area contributed by atoms with Crippen molar-refractivity contribution in [1.29, 1.82) is 0 Å². The highest BCUT2D eigenvalue weighted by molar-refractivity contribution is 5.96. The first kappa shape index (κ1) is 20.8. The molecular formula is C24H26FNO3. The number of hydrogen-bond acceptors (Lipinski definition) is 3. The Kier molecular flexibility index (Phi) is 6.81. The fourth-order valence-corrected chi connectivity index (χ4v) is 3.83. The number of allylic oxidation sites excluding steroid dienone is 1. The molecular weight excluding hydrogens is 369 g/mol. The van der Waals surface area contributed by atoms with Crippen LogP contribution in [0.25, 0.3) is 0 Å². The number of carbonyl (C=O) groups is 2. The average molecular weight is 395 g/mol. The summed E-state index contributed by atoms with van der Waals surface area (Å²) >= 11 is 0. The SMILES string of the molecule is CCCC1=C(C(=O)OCC)C(c2ccccc2)CC(=O)N1Cc1cccc(F)c1. The molecule has 0 aromatic heterocycles. The van der Waals surface area contributed by atoms with Gasteiger partial charge in [-0.25, -0.2) is 9.18 Å². The first-order valence-electron chi connectivity index (χ1n) is 10.0. The standard InChI is InChI=1S/C24H26FNO3/c1-3-9-21-23(24(28)29-4-2)20(18-11-6-5-7-12-18)15-22(27)26(21)16-17-10-8-13-19(25)14-17/h5-8,10-14,20H,3-4,9,15-16H2,1-2H3. The van der Waals surface area contributed by atoms with Gasteiger partial charge in [0, 0.05) is 18.0 Å². The predicted molar refractivity (Wildman–Crippen MR) is 109 cm³/mol. The Hall–Kier alpha value is -2.95. The van der Waals surface area contributed by atoms with Gasteiger partial charge in [0.15, 0.2) is 0 Å². The molecule has 1 heterocycles. The Morgan fingerprint density at radius 2 is 1.90 bits per heavy atom. The molecule has 0 bridgehead atoms. The van der Waals surface area contributed by atoms with Gasteiger partial charge >= 0.3 is 5.97 Å². The summed E-state index contributed by atoms with van der Waals surface area (Å²) in [4.78, 5) is 27.7. The minimum absolute atomic E-state index is 0.0698. The van der Waals surface area contributed by atoms with Gasteiger partial charge in [-0.3, -0.25) is 4.79 Å². The van der Waals surface area contributed by atoms with Crippen molar-refractivity contribution in [2.45, 2.75) is 45.6 Å². The van der Waals surface area contributed by atoms with Gasteiger partial charge in [-0.2, -0.15) is 0 Å². The summed E-state index contributed by atoms with van der Waals surface area (Å²) < 4.78 is 19.0. The lowest BCUT2D eigenvalue weighted by atomic mass is 9.82. The zero-order valence-corrected chi connectivity index (χ0v) is 16.9. The zero-order valence-electron chi connectivity index (χ0n) is 16.9. The van der Waals surface area contributed by atoms with Crippen LogP contribution in [0.15, 0.2) is 65.9 Å². The molecule has 3 rings (SSSR count). The van der Waals surface area contributed by atoms with E-state index in [1.54, 1.807) is 24.0 Å². The van der Waals surface area contributed by atoms with E-state index in [4.69, 9.17) is 4.74 Å². The van der Waals surface area contributed by atoms with Crippen molar-refractivity contribution in [2.75, 3.05) is 6.61 Å². The van der Waals surface area contributed by atoms with Crippen LogP contribution < -0.4 is 0 Å². The monoisotopic (exact) mass is 395 g/mol. The highest BCUT2D eigenvalue weighted by atomic mass is 19.1. The van der Waals surface area contributed by atoms with Crippen molar-refractivity contribution in [3.63, 3.8) is 0 Å². The number of esters is 1. The number of rotatable bonds is 7. The maximum atomic E-state index is 13.7. The second-order valence-corrected chi connectivity index (χ2v) is 7.11. The maximum Gasteiger partial charge on any atom is 0.336 e. The molecule has 1 unspecified atom stereocenters. The third-order valence-electron chi connectivity index (χ3n) is 5.08. The molecule has 1 amide bonds. The number of halogens is 1. The Morgan fingerprint density at radius 1 is 1.14 bits per heavy atom. The lowest BCUT2D eigenvalue weighted by molar-refractivity contribution is -0.140. The molecule has 0 saturated heterocycles. The van der Waals surface area contributed by atoms with Gasteiger partial charge in [-0.05, 0) is 36.6 Å². The van der Waals surface area contributed by atoms with Crippen LogP contribution in [0, 0.1) is 5.82 Å². The molecule has 152 valence electrons. The van der Waals surface area contributed by atoms with Gasteiger partial charge in [-0.1, -0.05) is 55.8 Å². The number of benzene rings is 2. The average Bonchev–Trinajstić information content (AvgIpc) is 2.71.